The lowest BCUT2D eigenvalue weighted by molar-refractivity contribution is 0.255. The lowest BCUT2D eigenvalue weighted by atomic mass is 10.0. The molecule has 0 aromatic carbocycles. The van der Waals surface area contributed by atoms with E-state index in [-0.39, 0.29) is 6.61 Å². The van der Waals surface area contributed by atoms with Crippen molar-refractivity contribution >= 4 is 11.6 Å². The van der Waals surface area contributed by atoms with Gasteiger partial charge < -0.3 is 15.7 Å². The van der Waals surface area contributed by atoms with Crippen LogP contribution in [0.3, 0.4) is 0 Å². The molecule has 0 saturated carbocycles. The van der Waals surface area contributed by atoms with Gasteiger partial charge in [-0.05, 0) is 39.0 Å². The zero-order valence-electron chi connectivity index (χ0n) is 13.9. The molecule has 0 radical (unpaired) electrons. The Morgan fingerprint density at radius 2 is 1.67 bits per heavy atom. The number of aromatic nitrogens is 2. The molecule has 0 aliphatic heterocycles. The van der Waals surface area contributed by atoms with E-state index in [1.165, 1.54) is 0 Å². The van der Waals surface area contributed by atoms with Gasteiger partial charge in [0.15, 0.2) is 0 Å². The molecular weight excluding hydrogens is 264 g/mol. The van der Waals surface area contributed by atoms with Crippen LogP contribution in [0.4, 0.5) is 11.6 Å². The highest BCUT2D eigenvalue weighted by Crippen LogP contribution is 2.21. The smallest absolute Gasteiger partial charge is 0.134 e. The van der Waals surface area contributed by atoms with Gasteiger partial charge in [0, 0.05) is 25.3 Å². The number of hydrogen-bond donors (Lipinski definition) is 3. The van der Waals surface area contributed by atoms with Crippen LogP contribution in [-0.2, 0) is 0 Å². The van der Waals surface area contributed by atoms with Crippen molar-refractivity contribution in [3.05, 3.63) is 11.4 Å². The average Bonchev–Trinajstić information content (AvgIpc) is 2.46. The lowest BCUT2D eigenvalue weighted by Crippen LogP contribution is -2.18. The maximum Gasteiger partial charge on any atom is 0.134 e. The highest BCUT2D eigenvalue weighted by molar-refractivity contribution is 5.57. The van der Waals surface area contributed by atoms with Crippen molar-refractivity contribution in [2.24, 2.45) is 5.92 Å². The molecule has 0 bridgehead atoms. The minimum atomic E-state index is 0.247. The summed E-state index contributed by atoms with van der Waals surface area (Å²) in [6.07, 6.45) is 4.17. The van der Waals surface area contributed by atoms with Gasteiger partial charge >= 0.3 is 0 Å². The summed E-state index contributed by atoms with van der Waals surface area (Å²) >= 11 is 0. The second kappa shape index (κ2) is 9.55. The number of nitrogens with zero attached hydrogens (tertiary/aromatic N) is 2. The van der Waals surface area contributed by atoms with Crippen LogP contribution in [0.1, 0.15) is 50.9 Å². The van der Waals surface area contributed by atoms with Gasteiger partial charge in [0.1, 0.15) is 17.5 Å². The molecule has 3 N–H and O–H groups in total. The third-order valence-corrected chi connectivity index (χ3v) is 3.59. The molecule has 21 heavy (non-hydrogen) atoms. The largest absolute Gasteiger partial charge is 0.396 e. The highest BCUT2D eigenvalue weighted by atomic mass is 16.3. The van der Waals surface area contributed by atoms with E-state index in [1.807, 2.05) is 13.8 Å². The summed E-state index contributed by atoms with van der Waals surface area (Å²) in [4.78, 5) is 8.98. The Kier molecular flexibility index (Phi) is 8.05. The van der Waals surface area contributed by atoms with Crippen molar-refractivity contribution in [2.75, 3.05) is 30.3 Å². The Morgan fingerprint density at radius 1 is 1.00 bits per heavy atom. The maximum atomic E-state index is 9.14. The Balaban J connectivity index is 2.75. The van der Waals surface area contributed by atoms with Crippen LogP contribution in [0.15, 0.2) is 0 Å². The molecule has 1 rings (SSSR count). The molecule has 5 nitrogen and oxygen atoms in total. The summed E-state index contributed by atoms with van der Waals surface area (Å²) in [6, 6.07) is 0. The van der Waals surface area contributed by atoms with Crippen molar-refractivity contribution in [3.8, 4) is 0 Å². The van der Waals surface area contributed by atoms with Gasteiger partial charge in [0.2, 0.25) is 0 Å². The highest BCUT2D eigenvalue weighted by Gasteiger charge is 2.11. The first kappa shape index (κ1) is 17.7. The number of hydrogen-bond acceptors (Lipinski definition) is 5. The summed E-state index contributed by atoms with van der Waals surface area (Å²) < 4.78 is 0. The van der Waals surface area contributed by atoms with Crippen LogP contribution in [0.2, 0.25) is 0 Å². The Morgan fingerprint density at radius 3 is 2.24 bits per heavy atom. The first-order valence-corrected chi connectivity index (χ1v) is 8.06. The maximum absolute atomic E-state index is 9.14. The third kappa shape index (κ3) is 5.87. The molecule has 1 heterocycles. The molecule has 0 aliphatic carbocycles. The molecule has 120 valence electrons. The fourth-order valence-corrected chi connectivity index (χ4v) is 2.40. The number of rotatable bonds is 10. The average molecular weight is 294 g/mol. The van der Waals surface area contributed by atoms with Crippen molar-refractivity contribution in [1.82, 2.24) is 9.97 Å². The van der Waals surface area contributed by atoms with Gasteiger partial charge in [0.05, 0.1) is 0 Å². The van der Waals surface area contributed by atoms with Crippen molar-refractivity contribution in [1.29, 1.82) is 0 Å². The van der Waals surface area contributed by atoms with Crippen molar-refractivity contribution in [3.63, 3.8) is 0 Å². The normalized spacial score (nSPS) is 12.2. The minimum absolute atomic E-state index is 0.247. The Bertz CT molecular complexity index is 417. The summed E-state index contributed by atoms with van der Waals surface area (Å²) in [5, 5.41) is 15.9. The lowest BCUT2D eigenvalue weighted by Gasteiger charge is -2.18. The molecule has 5 heteroatoms. The van der Waals surface area contributed by atoms with Crippen LogP contribution in [0.5, 0.6) is 0 Å². The summed E-state index contributed by atoms with van der Waals surface area (Å²) in [7, 11) is 0. The molecule has 0 fully saturated rings. The summed E-state index contributed by atoms with van der Waals surface area (Å²) in [5.41, 5.74) is 1.06. The summed E-state index contributed by atoms with van der Waals surface area (Å²) in [6.45, 7) is 10.3. The minimum Gasteiger partial charge on any atom is -0.396 e. The van der Waals surface area contributed by atoms with E-state index in [0.29, 0.717) is 5.92 Å². The molecular formula is C16H30N4O. The van der Waals surface area contributed by atoms with E-state index in [1.54, 1.807) is 0 Å². The topological polar surface area (TPSA) is 70.1 Å². The molecule has 1 unspecified atom stereocenters. The van der Waals surface area contributed by atoms with Gasteiger partial charge in [0.25, 0.3) is 0 Å². The van der Waals surface area contributed by atoms with Gasteiger partial charge in [-0.1, -0.05) is 20.3 Å². The molecule has 0 amide bonds. The van der Waals surface area contributed by atoms with Crippen LogP contribution < -0.4 is 10.6 Å². The SMILES string of the molecule is CCCNc1nc(C)nc(NCC(CCC)CCO)c1C. The van der Waals surface area contributed by atoms with Gasteiger partial charge in [-0.25, -0.2) is 9.97 Å². The van der Waals surface area contributed by atoms with Gasteiger partial charge in [-0.2, -0.15) is 0 Å². The molecule has 0 aliphatic rings. The number of aliphatic hydroxyl groups is 1. The predicted octanol–water partition coefficient (Wildman–Crippen LogP) is 3.13. The molecule has 0 saturated heterocycles. The van der Waals surface area contributed by atoms with Crippen LogP contribution >= 0.6 is 0 Å². The van der Waals surface area contributed by atoms with Gasteiger partial charge in [-0.15, -0.1) is 0 Å². The molecule has 1 aromatic rings. The quantitative estimate of drug-likeness (QED) is 0.618. The first-order chi connectivity index (χ1) is 10.1. The van der Waals surface area contributed by atoms with Gasteiger partial charge in [-0.3, -0.25) is 0 Å². The predicted molar refractivity (Wildman–Crippen MR) is 88.9 cm³/mol. The zero-order valence-corrected chi connectivity index (χ0v) is 13.9. The van der Waals surface area contributed by atoms with E-state index in [0.717, 1.165) is 61.8 Å². The van der Waals surface area contributed by atoms with Crippen LogP contribution in [0, 0.1) is 19.8 Å². The van der Waals surface area contributed by atoms with Crippen molar-refractivity contribution < 1.29 is 5.11 Å². The zero-order chi connectivity index (χ0) is 15.7. The van der Waals surface area contributed by atoms with Crippen LogP contribution in [-0.4, -0.2) is 34.8 Å². The summed E-state index contributed by atoms with van der Waals surface area (Å²) in [5.74, 6) is 3.08. The Labute approximate surface area is 128 Å². The number of aryl methyl sites for hydroxylation is 1. The third-order valence-electron chi connectivity index (χ3n) is 3.59. The fraction of sp³-hybridized carbons (Fsp3) is 0.750. The van der Waals surface area contributed by atoms with Crippen molar-refractivity contribution in [2.45, 2.75) is 53.4 Å². The second-order valence-electron chi connectivity index (χ2n) is 5.57. The standard InChI is InChI=1S/C16H30N4O/c1-5-7-14(8-10-21)11-18-16-12(3)15(17-9-6-2)19-13(4)20-16/h14,21H,5-11H2,1-4H3,(H2,17,18,19,20). The fourth-order valence-electron chi connectivity index (χ4n) is 2.40. The molecule has 1 aromatic heterocycles. The van der Waals surface area contributed by atoms with Crippen LogP contribution in [0.25, 0.3) is 0 Å². The molecule has 0 spiro atoms. The van der Waals surface area contributed by atoms with E-state index < -0.39 is 0 Å². The first-order valence-electron chi connectivity index (χ1n) is 8.06. The molecule has 1 atom stereocenters. The van der Waals surface area contributed by atoms with E-state index in [4.69, 9.17) is 5.11 Å². The second-order valence-corrected chi connectivity index (χ2v) is 5.57. The van der Waals surface area contributed by atoms with E-state index in [9.17, 15) is 0 Å². The monoisotopic (exact) mass is 294 g/mol. The van der Waals surface area contributed by atoms with E-state index >= 15 is 0 Å². The number of anilines is 2. The Hall–Kier alpha value is -1.36. The number of aliphatic hydroxyl groups excluding tert-OH is 1. The van der Waals surface area contributed by atoms with E-state index in [2.05, 4.69) is 34.4 Å². The number of nitrogens with one attached hydrogen (secondary N) is 2.